The molecule has 6 rings (SSSR count). The smallest absolute Gasteiger partial charge is 0.299 e. The van der Waals surface area contributed by atoms with Gasteiger partial charge in [-0.25, -0.2) is 23.8 Å². The maximum Gasteiger partial charge on any atom is 0.299 e. The molecule has 1 aliphatic heterocycles. The Bertz CT molecular complexity index is 1690. The number of halogens is 2. The van der Waals surface area contributed by atoms with Gasteiger partial charge in [-0.05, 0) is 24.3 Å². The second-order valence-electron chi connectivity index (χ2n) is 9.62. The molecule has 1 saturated heterocycles. The highest BCUT2D eigenvalue weighted by molar-refractivity contribution is 7.89. The number of nitrogens with one attached hydrogen (secondary N) is 1. The van der Waals surface area contributed by atoms with Crippen LogP contribution in [0.15, 0.2) is 47.4 Å². The number of aromatic nitrogens is 4. The van der Waals surface area contributed by atoms with Crippen LogP contribution in [0.2, 0.25) is 0 Å². The molecule has 2 fully saturated rings. The van der Waals surface area contributed by atoms with E-state index < -0.39 is 27.1 Å². The number of anilines is 2. The average Bonchev–Trinajstić information content (AvgIpc) is 3.37. The van der Waals surface area contributed by atoms with Crippen LogP contribution in [-0.4, -0.2) is 60.2 Å². The predicted octanol–water partition coefficient (Wildman–Crippen LogP) is 4.04. The van der Waals surface area contributed by atoms with Gasteiger partial charge in [-0.1, -0.05) is 29.5 Å². The Morgan fingerprint density at radius 2 is 1.77 bits per heavy atom. The molecule has 2 aromatic carbocycles. The number of alkyl halides is 2. The van der Waals surface area contributed by atoms with E-state index in [4.69, 9.17) is 6.57 Å². The Kier molecular flexibility index (Phi) is 6.24. The summed E-state index contributed by atoms with van der Waals surface area (Å²) < 4.78 is 57.6. The monoisotopic (exact) mass is 570 g/mol. The lowest BCUT2D eigenvalue weighted by Crippen LogP contribution is -2.46. The summed E-state index contributed by atoms with van der Waals surface area (Å²) in [5, 5.41) is 12.3. The summed E-state index contributed by atoms with van der Waals surface area (Å²) in [4.78, 5) is 7.84. The van der Waals surface area contributed by atoms with Crippen LogP contribution >= 0.6 is 11.3 Å². The third-order valence-corrected chi connectivity index (χ3v) is 9.48. The van der Waals surface area contributed by atoms with Crippen molar-refractivity contribution in [2.45, 2.75) is 29.8 Å². The standard InChI is InChI=1S/C25H24F2N8O2S2/c1-28-25(8-9-25)32-39(36,37)17-14-18-20(23-29-30-24(38-23)22(26)27)31-33(2)21(18)19(15-17)35-12-10-34(11-13-35)16-6-4-3-5-7-16/h3-7,14-15,22,32H,8-13H2,2H3. The highest BCUT2D eigenvalue weighted by atomic mass is 32.2. The molecule has 202 valence electrons. The summed E-state index contributed by atoms with van der Waals surface area (Å²) in [5.74, 6) is 0. The summed E-state index contributed by atoms with van der Waals surface area (Å²) in [6.45, 7) is 10.1. The van der Waals surface area contributed by atoms with E-state index in [9.17, 15) is 17.2 Å². The number of benzene rings is 2. The van der Waals surface area contributed by atoms with Crippen LogP contribution in [0.3, 0.4) is 0 Å². The largest absolute Gasteiger partial charge is 0.368 e. The van der Waals surface area contributed by atoms with Gasteiger partial charge in [0.15, 0.2) is 10.0 Å². The van der Waals surface area contributed by atoms with Crippen LogP contribution < -0.4 is 14.5 Å². The maximum absolute atomic E-state index is 13.5. The minimum atomic E-state index is -4.06. The van der Waals surface area contributed by atoms with E-state index in [1.807, 2.05) is 18.2 Å². The van der Waals surface area contributed by atoms with Crippen LogP contribution in [0.25, 0.3) is 26.4 Å². The van der Waals surface area contributed by atoms with Crippen molar-refractivity contribution in [1.29, 1.82) is 0 Å². The third kappa shape index (κ3) is 4.70. The Balaban J connectivity index is 1.44. The SMILES string of the molecule is [C-]#[N+]C1(NS(=O)(=O)c2cc(N3CCN(c4ccccc4)CC3)c3c(c2)c(-c2nnc(C(F)F)s2)nn3C)CC1. The summed E-state index contributed by atoms with van der Waals surface area (Å²) >= 11 is 0.725. The first-order chi connectivity index (χ1) is 18.7. The van der Waals surface area contributed by atoms with E-state index in [0.717, 1.165) is 30.1 Å². The van der Waals surface area contributed by atoms with E-state index in [1.165, 1.54) is 6.07 Å². The van der Waals surface area contributed by atoms with Crippen LogP contribution in [0.5, 0.6) is 0 Å². The molecule has 4 aromatic rings. The number of hydrogen-bond donors (Lipinski definition) is 1. The maximum atomic E-state index is 13.5. The van der Waals surface area contributed by atoms with Crippen molar-refractivity contribution in [3.05, 3.63) is 58.9 Å². The lowest BCUT2D eigenvalue weighted by atomic mass is 10.1. The summed E-state index contributed by atoms with van der Waals surface area (Å²) in [5.41, 5.74) is 1.61. The minimum Gasteiger partial charge on any atom is -0.368 e. The van der Waals surface area contributed by atoms with Gasteiger partial charge in [0.1, 0.15) is 5.69 Å². The van der Waals surface area contributed by atoms with Crippen molar-refractivity contribution >= 4 is 43.6 Å². The second-order valence-corrected chi connectivity index (χ2v) is 12.3. The number of nitrogens with zero attached hydrogens (tertiary/aromatic N) is 7. The molecule has 2 aliphatic rings. The molecule has 0 radical (unpaired) electrons. The zero-order valence-corrected chi connectivity index (χ0v) is 22.5. The zero-order chi connectivity index (χ0) is 27.4. The van der Waals surface area contributed by atoms with Gasteiger partial charge in [0.05, 0.1) is 28.9 Å². The number of piperazine rings is 1. The lowest BCUT2D eigenvalue weighted by molar-refractivity contribution is 0.150. The van der Waals surface area contributed by atoms with Crippen molar-refractivity contribution in [1.82, 2.24) is 24.7 Å². The Labute approximate surface area is 227 Å². The first-order valence-electron chi connectivity index (χ1n) is 12.3. The Hall–Kier alpha value is -3.67. The lowest BCUT2D eigenvalue weighted by Gasteiger charge is -2.37. The molecule has 0 atom stereocenters. The van der Waals surface area contributed by atoms with E-state index >= 15 is 0 Å². The summed E-state index contributed by atoms with van der Waals surface area (Å²) in [6, 6.07) is 13.2. The molecular formula is C25H24F2N8O2S2. The van der Waals surface area contributed by atoms with Gasteiger partial charge in [0.25, 0.3) is 12.1 Å². The van der Waals surface area contributed by atoms with E-state index in [2.05, 4.69) is 46.8 Å². The van der Waals surface area contributed by atoms with Crippen LogP contribution in [0.4, 0.5) is 20.2 Å². The fourth-order valence-electron chi connectivity index (χ4n) is 4.85. The fourth-order valence-corrected chi connectivity index (χ4v) is 6.95. The minimum absolute atomic E-state index is 0.0155. The van der Waals surface area contributed by atoms with E-state index in [-0.39, 0.29) is 15.6 Å². The predicted molar refractivity (Wildman–Crippen MR) is 144 cm³/mol. The Morgan fingerprint density at radius 3 is 2.38 bits per heavy atom. The highest BCUT2D eigenvalue weighted by Gasteiger charge is 2.54. The molecule has 0 spiro atoms. The number of aryl methyl sites for hydroxylation is 1. The molecule has 0 amide bonds. The first-order valence-corrected chi connectivity index (χ1v) is 14.6. The first kappa shape index (κ1) is 25.6. The fraction of sp³-hybridized carbons (Fsp3) is 0.360. The molecule has 0 bridgehead atoms. The van der Waals surface area contributed by atoms with Crippen molar-refractivity contribution < 1.29 is 17.2 Å². The van der Waals surface area contributed by atoms with Crippen LogP contribution in [-0.2, 0) is 17.1 Å². The normalized spacial score (nSPS) is 17.1. The quantitative estimate of drug-likeness (QED) is 0.335. The van der Waals surface area contributed by atoms with E-state index in [0.29, 0.717) is 42.5 Å². The molecule has 1 saturated carbocycles. The molecule has 39 heavy (non-hydrogen) atoms. The topological polar surface area (TPSA) is 101 Å². The van der Waals surface area contributed by atoms with Gasteiger partial charge in [-0.2, -0.15) is 5.10 Å². The molecule has 14 heteroatoms. The number of para-hydroxylation sites is 1. The molecule has 1 aliphatic carbocycles. The number of hydrogen-bond acceptors (Lipinski definition) is 8. The van der Waals surface area contributed by atoms with Crippen LogP contribution in [0, 0.1) is 6.57 Å². The van der Waals surface area contributed by atoms with Gasteiger partial charge in [0.2, 0.25) is 10.0 Å². The van der Waals surface area contributed by atoms with Crippen molar-refractivity contribution in [2.24, 2.45) is 7.05 Å². The molecule has 2 aromatic heterocycles. The Morgan fingerprint density at radius 1 is 1.08 bits per heavy atom. The van der Waals surface area contributed by atoms with Gasteiger partial charge in [0, 0.05) is 44.3 Å². The van der Waals surface area contributed by atoms with Crippen molar-refractivity contribution in [3.8, 4) is 10.7 Å². The molecule has 0 unspecified atom stereocenters. The summed E-state index contributed by atoms with van der Waals surface area (Å²) in [7, 11) is -2.33. The number of fused-ring (bicyclic) bond motifs is 1. The molecular weight excluding hydrogens is 546 g/mol. The van der Waals surface area contributed by atoms with Crippen LogP contribution in [0.1, 0.15) is 24.3 Å². The second kappa shape index (κ2) is 9.51. The zero-order valence-electron chi connectivity index (χ0n) is 20.9. The van der Waals surface area contributed by atoms with Crippen molar-refractivity contribution in [2.75, 3.05) is 36.0 Å². The summed E-state index contributed by atoms with van der Waals surface area (Å²) in [6.07, 6.45) is -1.87. The molecule has 10 nitrogen and oxygen atoms in total. The molecule has 3 heterocycles. The average molecular weight is 571 g/mol. The number of rotatable bonds is 7. The van der Waals surface area contributed by atoms with Gasteiger partial charge in [-0.15, -0.1) is 14.9 Å². The number of sulfonamides is 1. The molecule has 1 N–H and O–H groups in total. The highest BCUT2D eigenvalue weighted by Crippen LogP contribution is 2.41. The van der Waals surface area contributed by atoms with E-state index in [1.54, 1.807) is 17.8 Å². The van der Waals surface area contributed by atoms with Gasteiger partial charge >= 0.3 is 0 Å². The van der Waals surface area contributed by atoms with Gasteiger partial charge in [-0.3, -0.25) is 9.53 Å². The van der Waals surface area contributed by atoms with Crippen molar-refractivity contribution in [3.63, 3.8) is 0 Å². The van der Waals surface area contributed by atoms with Gasteiger partial charge < -0.3 is 9.80 Å². The third-order valence-electron chi connectivity index (χ3n) is 7.04.